The Bertz CT molecular complexity index is 608. The van der Waals surface area contributed by atoms with Crippen LogP contribution in [-0.2, 0) is 14.3 Å². The number of ether oxygens (including phenoxy) is 1. The summed E-state index contributed by atoms with van der Waals surface area (Å²) in [5.74, 6) is -0.799. The maximum Gasteiger partial charge on any atom is 0.321 e. The van der Waals surface area contributed by atoms with E-state index in [1.54, 1.807) is 0 Å². The Morgan fingerprint density at radius 3 is 2.62 bits per heavy atom. The first-order chi connectivity index (χ1) is 11.3. The molecule has 0 bridgehead atoms. The van der Waals surface area contributed by atoms with Crippen LogP contribution >= 0.6 is 27.7 Å². The molecule has 0 fully saturated rings. The van der Waals surface area contributed by atoms with E-state index in [0.29, 0.717) is 6.54 Å². The minimum Gasteiger partial charge on any atom is -0.455 e. The van der Waals surface area contributed by atoms with Gasteiger partial charge in [-0.05, 0) is 36.6 Å². The normalized spacial score (nSPS) is 10.4. The molecule has 0 aliphatic rings. The van der Waals surface area contributed by atoms with Crippen molar-refractivity contribution >= 4 is 45.6 Å². The third-order valence-corrected chi connectivity index (χ3v) is 4.41. The average molecular weight is 417 g/mol. The van der Waals surface area contributed by atoms with Crippen LogP contribution in [0.5, 0.6) is 0 Å². The minimum absolute atomic E-state index is 0.0926. The van der Waals surface area contributed by atoms with E-state index in [4.69, 9.17) is 4.74 Å². The van der Waals surface area contributed by atoms with E-state index in [1.165, 1.54) is 11.8 Å². The van der Waals surface area contributed by atoms with Crippen molar-refractivity contribution in [3.8, 4) is 0 Å². The van der Waals surface area contributed by atoms with Gasteiger partial charge in [-0.3, -0.25) is 14.9 Å². The first kappa shape index (κ1) is 20.5. The van der Waals surface area contributed by atoms with Gasteiger partial charge in [0.05, 0.1) is 5.75 Å². The number of halogens is 1. The van der Waals surface area contributed by atoms with Gasteiger partial charge in [-0.15, -0.1) is 11.8 Å². The summed E-state index contributed by atoms with van der Waals surface area (Å²) >= 11 is 4.71. The van der Waals surface area contributed by atoms with Crippen molar-refractivity contribution in [2.45, 2.75) is 25.7 Å². The molecule has 0 saturated heterocycles. The van der Waals surface area contributed by atoms with Gasteiger partial charge >= 0.3 is 12.0 Å². The molecule has 0 atom stereocenters. The molecule has 24 heavy (non-hydrogen) atoms. The Balaban J connectivity index is 2.28. The maximum absolute atomic E-state index is 11.7. The monoisotopic (exact) mass is 416 g/mol. The van der Waals surface area contributed by atoms with Gasteiger partial charge in [-0.25, -0.2) is 4.79 Å². The molecule has 0 unspecified atom stereocenters. The van der Waals surface area contributed by atoms with Crippen LogP contribution in [0.1, 0.15) is 19.4 Å². The topological polar surface area (TPSA) is 84.5 Å². The standard InChI is InChI=1S/C16H21BrN2O4S/c1-10(2)7-18-16(22)19-14(20)8-23-15(21)9-24-13-5-4-12(17)6-11(13)3/h4-6,10H,7-9H2,1-3H3,(H2,18,19,20,22). The van der Waals surface area contributed by atoms with Gasteiger partial charge < -0.3 is 10.1 Å². The Hall–Kier alpha value is -1.54. The number of hydrogen-bond acceptors (Lipinski definition) is 5. The summed E-state index contributed by atoms with van der Waals surface area (Å²) in [6, 6.07) is 5.16. The van der Waals surface area contributed by atoms with Crippen LogP contribution in [0, 0.1) is 12.8 Å². The van der Waals surface area contributed by atoms with Gasteiger partial charge in [0.25, 0.3) is 5.91 Å². The van der Waals surface area contributed by atoms with E-state index in [1.807, 2.05) is 39.0 Å². The van der Waals surface area contributed by atoms with Crippen molar-refractivity contribution in [1.82, 2.24) is 10.6 Å². The van der Waals surface area contributed by atoms with Gasteiger partial charge in [0.2, 0.25) is 0 Å². The van der Waals surface area contributed by atoms with Crippen molar-refractivity contribution < 1.29 is 19.1 Å². The van der Waals surface area contributed by atoms with Crippen LogP contribution in [0.3, 0.4) is 0 Å². The van der Waals surface area contributed by atoms with E-state index in [0.717, 1.165) is 14.9 Å². The molecule has 2 N–H and O–H groups in total. The maximum atomic E-state index is 11.7. The number of thioether (sulfide) groups is 1. The molecule has 132 valence electrons. The predicted molar refractivity (Wildman–Crippen MR) is 96.9 cm³/mol. The zero-order valence-electron chi connectivity index (χ0n) is 13.8. The zero-order valence-corrected chi connectivity index (χ0v) is 16.3. The first-order valence-electron chi connectivity index (χ1n) is 7.40. The van der Waals surface area contributed by atoms with Crippen LogP contribution < -0.4 is 10.6 Å². The number of rotatable bonds is 7. The molecule has 1 rings (SSSR count). The lowest BCUT2D eigenvalue weighted by Crippen LogP contribution is -2.42. The Morgan fingerprint density at radius 2 is 2.00 bits per heavy atom. The Kier molecular flexibility index (Phi) is 8.84. The van der Waals surface area contributed by atoms with Crippen LogP contribution in [0.25, 0.3) is 0 Å². The third kappa shape index (κ3) is 8.35. The summed E-state index contributed by atoms with van der Waals surface area (Å²) in [6.07, 6.45) is 0. The molecule has 0 spiro atoms. The lowest BCUT2D eigenvalue weighted by molar-refractivity contribution is -0.145. The van der Waals surface area contributed by atoms with Crippen LogP contribution in [0.4, 0.5) is 4.79 Å². The summed E-state index contributed by atoms with van der Waals surface area (Å²) in [4.78, 5) is 35.5. The van der Waals surface area contributed by atoms with E-state index in [-0.39, 0.29) is 11.7 Å². The van der Waals surface area contributed by atoms with Crippen molar-refractivity contribution in [3.63, 3.8) is 0 Å². The number of carbonyl (C=O) groups excluding carboxylic acids is 3. The van der Waals surface area contributed by atoms with E-state index in [2.05, 4.69) is 26.6 Å². The second-order valence-corrected chi connectivity index (χ2v) is 7.44. The fourth-order valence-corrected chi connectivity index (χ4v) is 2.89. The van der Waals surface area contributed by atoms with Gasteiger partial charge in [0.15, 0.2) is 6.61 Å². The SMILES string of the molecule is Cc1cc(Br)ccc1SCC(=O)OCC(=O)NC(=O)NCC(C)C. The number of imide groups is 1. The molecule has 1 aromatic rings. The number of esters is 1. The van der Waals surface area contributed by atoms with Gasteiger partial charge in [0.1, 0.15) is 0 Å². The van der Waals surface area contributed by atoms with E-state index in [9.17, 15) is 14.4 Å². The van der Waals surface area contributed by atoms with E-state index < -0.39 is 24.5 Å². The summed E-state index contributed by atoms with van der Waals surface area (Å²) in [5, 5.41) is 4.64. The van der Waals surface area contributed by atoms with Gasteiger partial charge in [-0.1, -0.05) is 29.8 Å². The highest BCUT2D eigenvalue weighted by atomic mass is 79.9. The second-order valence-electron chi connectivity index (χ2n) is 5.51. The fourth-order valence-electron chi connectivity index (χ4n) is 1.60. The predicted octanol–water partition coefficient (Wildman–Crippen LogP) is 2.87. The highest BCUT2D eigenvalue weighted by Gasteiger charge is 2.12. The molecule has 0 aromatic heterocycles. The molecule has 0 aliphatic carbocycles. The van der Waals surface area contributed by atoms with E-state index >= 15 is 0 Å². The van der Waals surface area contributed by atoms with Crippen LogP contribution in [0.2, 0.25) is 0 Å². The number of benzene rings is 1. The molecule has 8 heteroatoms. The third-order valence-electron chi connectivity index (χ3n) is 2.77. The lowest BCUT2D eigenvalue weighted by Gasteiger charge is -2.09. The summed E-state index contributed by atoms with van der Waals surface area (Å²) in [7, 11) is 0. The largest absolute Gasteiger partial charge is 0.455 e. The van der Waals surface area contributed by atoms with Crippen molar-refractivity contribution in [1.29, 1.82) is 0 Å². The molecular formula is C16H21BrN2O4S. The Morgan fingerprint density at radius 1 is 1.29 bits per heavy atom. The number of carbonyl (C=O) groups is 3. The molecule has 3 amide bonds. The number of nitrogens with one attached hydrogen (secondary N) is 2. The number of hydrogen-bond donors (Lipinski definition) is 2. The lowest BCUT2D eigenvalue weighted by atomic mass is 10.2. The molecular weight excluding hydrogens is 396 g/mol. The van der Waals surface area contributed by atoms with Crippen molar-refractivity contribution in [3.05, 3.63) is 28.2 Å². The molecule has 0 heterocycles. The summed E-state index contributed by atoms with van der Waals surface area (Å²) < 4.78 is 5.83. The summed E-state index contributed by atoms with van der Waals surface area (Å²) in [5.41, 5.74) is 1.04. The smallest absolute Gasteiger partial charge is 0.321 e. The number of urea groups is 1. The number of amides is 3. The first-order valence-corrected chi connectivity index (χ1v) is 9.18. The van der Waals surface area contributed by atoms with Gasteiger partial charge in [-0.2, -0.15) is 0 Å². The quantitative estimate of drug-likeness (QED) is 0.527. The summed E-state index contributed by atoms with van der Waals surface area (Å²) in [6.45, 7) is 5.81. The molecule has 0 aliphatic heterocycles. The van der Waals surface area contributed by atoms with Crippen molar-refractivity contribution in [2.75, 3.05) is 18.9 Å². The highest BCUT2D eigenvalue weighted by molar-refractivity contribution is 9.10. The molecule has 6 nitrogen and oxygen atoms in total. The van der Waals surface area contributed by atoms with Gasteiger partial charge in [0, 0.05) is 15.9 Å². The van der Waals surface area contributed by atoms with Crippen molar-refractivity contribution in [2.24, 2.45) is 5.92 Å². The average Bonchev–Trinajstić information content (AvgIpc) is 2.50. The second kappa shape index (κ2) is 10.4. The highest BCUT2D eigenvalue weighted by Crippen LogP contribution is 2.25. The molecule has 1 aromatic carbocycles. The zero-order chi connectivity index (χ0) is 18.1. The van der Waals surface area contributed by atoms with Crippen LogP contribution in [-0.4, -0.2) is 36.8 Å². The molecule has 0 saturated carbocycles. The Labute approximate surface area is 154 Å². The molecule has 0 radical (unpaired) electrons. The fraction of sp³-hybridized carbons (Fsp3) is 0.438. The minimum atomic E-state index is -0.658. The number of aryl methyl sites for hydroxylation is 1. The van der Waals surface area contributed by atoms with Crippen LogP contribution in [0.15, 0.2) is 27.6 Å².